The smallest absolute Gasteiger partial charge is 0.410 e. The van der Waals surface area contributed by atoms with E-state index in [0.717, 1.165) is 42.1 Å². The molecule has 2 amide bonds. The lowest BCUT2D eigenvalue weighted by Crippen LogP contribution is -2.44. The molecule has 5 rings (SSSR count). The molecule has 2 fully saturated rings. The Hall–Kier alpha value is -4.01. The maximum absolute atomic E-state index is 12.8. The minimum absolute atomic E-state index is 0.0274. The molecular formula is C32H45N7O6S. The number of aromatic nitrogens is 3. The van der Waals surface area contributed by atoms with Gasteiger partial charge in [-0.3, -0.25) is 9.35 Å². The number of likely N-dealkylation sites (N-methyl/N-ethyl adjacent to an activating group) is 1. The zero-order valence-corrected chi connectivity index (χ0v) is 28.0. The SMILES string of the molecule is Cc1cc(NC2CCN(C(=O)O[C@H]3CCN(C(=O)/C=C/CN(C)C)C3)CC2)n2ncc(C(C)C)c2n1.O=S(=O)(O)c1ccccc1. The second-order valence-corrected chi connectivity index (χ2v) is 13.6. The van der Waals surface area contributed by atoms with E-state index in [0.29, 0.717) is 38.5 Å². The molecule has 4 heterocycles. The molecule has 1 aromatic carbocycles. The third kappa shape index (κ3) is 9.50. The molecular weight excluding hydrogens is 610 g/mol. The first kappa shape index (κ1) is 34.9. The van der Waals surface area contributed by atoms with Crippen LogP contribution in [-0.2, 0) is 19.6 Å². The molecule has 46 heavy (non-hydrogen) atoms. The van der Waals surface area contributed by atoms with E-state index in [1.165, 1.54) is 12.1 Å². The summed E-state index contributed by atoms with van der Waals surface area (Å²) in [5.41, 5.74) is 2.98. The Morgan fingerprint density at radius 2 is 1.78 bits per heavy atom. The Kier molecular flexibility index (Phi) is 11.8. The average molecular weight is 656 g/mol. The number of likely N-dealkylation sites (tertiary alicyclic amines) is 2. The minimum atomic E-state index is -4.00. The van der Waals surface area contributed by atoms with Crippen molar-refractivity contribution in [3.05, 3.63) is 66.0 Å². The third-order valence-corrected chi connectivity index (χ3v) is 8.72. The second-order valence-electron chi connectivity index (χ2n) is 12.2. The molecule has 2 saturated heterocycles. The Labute approximate surface area is 271 Å². The fourth-order valence-electron chi connectivity index (χ4n) is 5.33. The Balaban J connectivity index is 0.000000409. The molecule has 250 valence electrons. The molecule has 0 spiro atoms. The molecule has 13 nitrogen and oxygen atoms in total. The van der Waals surface area contributed by atoms with Crippen LogP contribution in [0, 0.1) is 6.92 Å². The number of carbonyl (C=O) groups excluding carboxylic acids is 2. The van der Waals surface area contributed by atoms with E-state index in [-0.39, 0.29) is 29.0 Å². The highest BCUT2D eigenvalue weighted by molar-refractivity contribution is 7.85. The molecule has 2 aromatic heterocycles. The van der Waals surface area contributed by atoms with Crippen molar-refractivity contribution in [3.63, 3.8) is 0 Å². The van der Waals surface area contributed by atoms with Crippen LogP contribution in [0.5, 0.6) is 0 Å². The molecule has 2 aliphatic rings. The van der Waals surface area contributed by atoms with Crippen LogP contribution in [0.3, 0.4) is 0 Å². The number of amides is 2. The van der Waals surface area contributed by atoms with Crippen molar-refractivity contribution in [1.82, 2.24) is 29.3 Å². The molecule has 0 aliphatic carbocycles. The van der Waals surface area contributed by atoms with Gasteiger partial charge < -0.3 is 24.8 Å². The summed E-state index contributed by atoms with van der Waals surface area (Å²) in [6, 6.07) is 9.68. The number of aryl methyl sites for hydroxylation is 1. The van der Waals surface area contributed by atoms with Crippen molar-refractivity contribution in [1.29, 1.82) is 0 Å². The van der Waals surface area contributed by atoms with E-state index in [9.17, 15) is 18.0 Å². The zero-order valence-electron chi connectivity index (χ0n) is 27.2. The lowest BCUT2D eigenvalue weighted by atomic mass is 10.1. The quantitative estimate of drug-likeness (QED) is 0.271. The van der Waals surface area contributed by atoms with Crippen LogP contribution in [-0.4, -0.2) is 113 Å². The molecule has 14 heteroatoms. The summed E-state index contributed by atoms with van der Waals surface area (Å²) in [4.78, 5) is 35.2. The maximum Gasteiger partial charge on any atom is 0.410 e. The summed E-state index contributed by atoms with van der Waals surface area (Å²) < 4.78 is 36.9. The summed E-state index contributed by atoms with van der Waals surface area (Å²) in [7, 11) is -0.0869. The monoisotopic (exact) mass is 655 g/mol. The number of hydrogen-bond donors (Lipinski definition) is 2. The van der Waals surface area contributed by atoms with Gasteiger partial charge in [-0.05, 0) is 51.9 Å². The predicted molar refractivity (Wildman–Crippen MR) is 175 cm³/mol. The summed E-state index contributed by atoms with van der Waals surface area (Å²) >= 11 is 0. The highest BCUT2D eigenvalue weighted by Crippen LogP contribution is 2.24. The number of ether oxygens (including phenoxy) is 1. The van der Waals surface area contributed by atoms with Crippen LogP contribution in [0.4, 0.5) is 10.6 Å². The second kappa shape index (κ2) is 15.5. The summed E-state index contributed by atoms with van der Waals surface area (Å²) in [5.74, 6) is 1.25. The minimum Gasteiger partial charge on any atom is -0.444 e. The third-order valence-electron chi connectivity index (χ3n) is 7.85. The van der Waals surface area contributed by atoms with Crippen LogP contribution < -0.4 is 5.32 Å². The van der Waals surface area contributed by atoms with Gasteiger partial charge in [0.15, 0.2) is 5.65 Å². The van der Waals surface area contributed by atoms with E-state index in [1.54, 1.807) is 34.1 Å². The van der Waals surface area contributed by atoms with E-state index in [1.807, 2.05) is 48.8 Å². The number of piperidine rings is 1. The number of nitrogens with zero attached hydrogens (tertiary/aromatic N) is 6. The van der Waals surface area contributed by atoms with Crippen LogP contribution in [0.2, 0.25) is 0 Å². The van der Waals surface area contributed by atoms with Gasteiger partial charge in [0.25, 0.3) is 10.1 Å². The van der Waals surface area contributed by atoms with Gasteiger partial charge in [-0.1, -0.05) is 38.1 Å². The van der Waals surface area contributed by atoms with E-state index in [4.69, 9.17) is 14.3 Å². The molecule has 2 aliphatic heterocycles. The maximum atomic E-state index is 12.8. The van der Waals surface area contributed by atoms with Crippen molar-refractivity contribution in [2.45, 2.75) is 63.0 Å². The highest BCUT2D eigenvalue weighted by Gasteiger charge is 2.31. The van der Waals surface area contributed by atoms with Gasteiger partial charge in [-0.2, -0.15) is 18.0 Å². The standard InChI is InChI=1S/C26H39N7O3.C6H6O3S/c1-18(2)22-16-27-33-23(15-19(3)28-25(22)33)29-20-8-12-31(13-9-20)26(35)36-21-10-14-32(17-21)24(34)7-6-11-30(4)5;7-10(8,9)6-4-2-1-3-5-6/h6-7,15-16,18,20-21,29H,8-14,17H2,1-5H3;1-5H,(H,7,8,9)/b7-6+;/t21-;/m0./s1. The van der Waals surface area contributed by atoms with Gasteiger partial charge >= 0.3 is 6.09 Å². The lowest BCUT2D eigenvalue weighted by Gasteiger charge is -2.33. The summed E-state index contributed by atoms with van der Waals surface area (Å²) in [5, 5.41) is 8.18. The van der Waals surface area contributed by atoms with Gasteiger partial charge in [0.05, 0.1) is 17.6 Å². The van der Waals surface area contributed by atoms with Crippen molar-refractivity contribution < 1.29 is 27.3 Å². The van der Waals surface area contributed by atoms with Crippen molar-refractivity contribution in [3.8, 4) is 0 Å². The van der Waals surface area contributed by atoms with E-state index < -0.39 is 10.1 Å². The first-order valence-corrected chi connectivity index (χ1v) is 17.0. The van der Waals surface area contributed by atoms with E-state index in [2.05, 4.69) is 24.3 Å². The molecule has 2 N–H and O–H groups in total. The molecule has 0 radical (unpaired) electrons. The Morgan fingerprint density at radius 1 is 1.11 bits per heavy atom. The summed E-state index contributed by atoms with van der Waals surface area (Å²) in [6.07, 6.45) is 7.14. The van der Waals surface area contributed by atoms with Gasteiger partial charge in [0.2, 0.25) is 5.91 Å². The molecule has 3 aromatic rings. The largest absolute Gasteiger partial charge is 0.444 e. The average Bonchev–Trinajstić information content (AvgIpc) is 3.65. The van der Waals surface area contributed by atoms with Crippen LogP contribution in [0.15, 0.2) is 59.6 Å². The number of nitrogens with one attached hydrogen (secondary N) is 1. The number of carbonyl (C=O) groups is 2. The van der Waals surface area contributed by atoms with Crippen LogP contribution in [0.25, 0.3) is 5.65 Å². The highest BCUT2D eigenvalue weighted by atomic mass is 32.2. The summed E-state index contributed by atoms with van der Waals surface area (Å²) in [6.45, 7) is 9.33. The normalized spacial score (nSPS) is 17.5. The van der Waals surface area contributed by atoms with Crippen LogP contribution in [0.1, 0.15) is 50.3 Å². The first-order valence-electron chi connectivity index (χ1n) is 15.5. The number of rotatable bonds is 8. The molecule has 0 unspecified atom stereocenters. The van der Waals surface area contributed by atoms with E-state index >= 15 is 0 Å². The van der Waals surface area contributed by atoms with Gasteiger partial charge in [0, 0.05) is 62.0 Å². The first-order chi connectivity index (χ1) is 21.8. The molecule has 1 atom stereocenters. The fraction of sp³-hybridized carbons (Fsp3) is 0.500. The lowest BCUT2D eigenvalue weighted by molar-refractivity contribution is -0.125. The molecule has 0 bridgehead atoms. The topological polar surface area (TPSA) is 150 Å². The van der Waals surface area contributed by atoms with Crippen molar-refractivity contribution in [2.24, 2.45) is 0 Å². The van der Waals surface area contributed by atoms with Gasteiger partial charge in [0.1, 0.15) is 11.9 Å². The van der Waals surface area contributed by atoms with Crippen molar-refractivity contribution in [2.75, 3.05) is 52.1 Å². The van der Waals surface area contributed by atoms with Crippen LogP contribution >= 0.6 is 0 Å². The number of hydrogen-bond acceptors (Lipinski definition) is 9. The number of benzene rings is 1. The Morgan fingerprint density at radius 3 is 2.39 bits per heavy atom. The number of fused-ring (bicyclic) bond motifs is 1. The molecule has 0 saturated carbocycles. The zero-order chi connectivity index (χ0) is 33.4. The van der Waals surface area contributed by atoms with Gasteiger partial charge in [-0.25, -0.2) is 9.78 Å². The number of anilines is 1. The fourth-order valence-corrected chi connectivity index (χ4v) is 5.83. The predicted octanol–water partition coefficient (Wildman–Crippen LogP) is 3.83. The Bertz CT molecular complexity index is 1620. The van der Waals surface area contributed by atoms with Crippen molar-refractivity contribution >= 4 is 33.6 Å². The van der Waals surface area contributed by atoms with Gasteiger partial charge in [-0.15, -0.1) is 0 Å².